The van der Waals surface area contributed by atoms with Gasteiger partial charge >= 0.3 is 0 Å². The Kier molecular flexibility index (Phi) is 4.38. The molecule has 19 heavy (non-hydrogen) atoms. The summed E-state index contributed by atoms with van der Waals surface area (Å²) in [6.07, 6.45) is 2.09. The molecule has 0 saturated heterocycles. The van der Waals surface area contributed by atoms with Crippen molar-refractivity contribution in [3.63, 3.8) is 0 Å². The SMILES string of the molecule is CCOc1ncccc1C(=O)NCCc1nn[nH]n1. The molecule has 0 aliphatic rings. The van der Waals surface area contributed by atoms with Crippen molar-refractivity contribution in [2.24, 2.45) is 0 Å². The van der Waals surface area contributed by atoms with Crippen LogP contribution in [0.25, 0.3) is 0 Å². The summed E-state index contributed by atoms with van der Waals surface area (Å²) < 4.78 is 5.30. The monoisotopic (exact) mass is 262 g/mol. The van der Waals surface area contributed by atoms with Crippen LogP contribution in [0.5, 0.6) is 5.88 Å². The van der Waals surface area contributed by atoms with Gasteiger partial charge in [0.1, 0.15) is 5.56 Å². The Balaban J connectivity index is 1.92. The highest BCUT2D eigenvalue weighted by Crippen LogP contribution is 2.13. The van der Waals surface area contributed by atoms with E-state index in [9.17, 15) is 4.79 Å². The third-order valence-corrected chi connectivity index (χ3v) is 2.32. The largest absolute Gasteiger partial charge is 0.477 e. The van der Waals surface area contributed by atoms with Gasteiger partial charge in [0.25, 0.3) is 5.91 Å². The van der Waals surface area contributed by atoms with Gasteiger partial charge in [-0.2, -0.15) is 5.21 Å². The number of hydrogen-bond acceptors (Lipinski definition) is 6. The first-order valence-electron chi connectivity index (χ1n) is 5.89. The Labute approximate surface area is 109 Å². The second kappa shape index (κ2) is 6.43. The highest BCUT2D eigenvalue weighted by Gasteiger charge is 2.12. The lowest BCUT2D eigenvalue weighted by atomic mass is 10.2. The first-order valence-corrected chi connectivity index (χ1v) is 5.89. The Hall–Kier alpha value is -2.51. The summed E-state index contributed by atoms with van der Waals surface area (Å²) in [5.74, 6) is 0.652. The molecular weight excluding hydrogens is 248 g/mol. The van der Waals surface area contributed by atoms with Gasteiger partial charge in [-0.05, 0) is 19.1 Å². The highest BCUT2D eigenvalue weighted by atomic mass is 16.5. The Morgan fingerprint density at radius 3 is 3.16 bits per heavy atom. The number of tetrazole rings is 1. The minimum absolute atomic E-state index is 0.236. The fourth-order valence-corrected chi connectivity index (χ4v) is 1.49. The number of hydrogen-bond donors (Lipinski definition) is 2. The molecule has 0 atom stereocenters. The second-order valence-electron chi connectivity index (χ2n) is 3.62. The van der Waals surface area contributed by atoms with Crippen molar-refractivity contribution in [1.82, 2.24) is 30.9 Å². The van der Waals surface area contributed by atoms with E-state index < -0.39 is 0 Å². The molecule has 8 heteroatoms. The van der Waals surface area contributed by atoms with Gasteiger partial charge in [-0.25, -0.2) is 4.98 Å². The van der Waals surface area contributed by atoms with E-state index in [1.54, 1.807) is 18.3 Å². The quantitative estimate of drug-likeness (QED) is 0.757. The number of carbonyl (C=O) groups excluding carboxylic acids is 1. The molecule has 100 valence electrons. The number of ether oxygens (including phenoxy) is 1. The van der Waals surface area contributed by atoms with Gasteiger partial charge in [-0.15, -0.1) is 10.2 Å². The minimum Gasteiger partial charge on any atom is -0.477 e. The zero-order chi connectivity index (χ0) is 13.5. The van der Waals surface area contributed by atoms with Crippen molar-refractivity contribution in [2.75, 3.05) is 13.2 Å². The fraction of sp³-hybridized carbons (Fsp3) is 0.364. The van der Waals surface area contributed by atoms with Crippen LogP contribution < -0.4 is 10.1 Å². The number of carbonyl (C=O) groups is 1. The molecule has 2 aromatic rings. The maximum atomic E-state index is 12.0. The van der Waals surface area contributed by atoms with Gasteiger partial charge in [-0.1, -0.05) is 5.21 Å². The zero-order valence-electron chi connectivity index (χ0n) is 10.5. The summed E-state index contributed by atoms with van der Waals surface area (Å²) in [4.78, 5) is 16.0. The normalized spacial score (nSPS) is 10.2. The molecule has 8 nitrogen and oxygen atoms in total. The van der Waals surface area contributed by atoms with Crippen LogP contribution in [-0.2, 0) is 6.42 Å². The Bertz CT molecular complexity index is 528. The highest BCUT2D eigenvalue weighted by molar-refractivity contribution is 5.96. The maximum Gasteiger partial charge on any atom is 0.256 e. The molecule has 0 fully saturated rings. The van der Waals surface area contributed by atoms with Gasteiger partial charge in [0, 0.05) is 19.2 Å². The average Bonchev–Trinajstić information content (AvgIpc) is 2.93. The van der Waals surface area contributed by atoms with E-state index >= 15 is 0 Å². The number of aromatic nitrogens is 5. The first-order chi connectivity index (χ1) is 9.31. The summed E-state index contributed by atoms with van der Waals surface area (Å²) in [7, 11) is 0. The maximum absolute atomic E-state index is 12.0. The number of nitrogens with zero attached hydrogens (tertiary/aromatic N) is 4. The number of nitrogens with one attached hydrogen (secondary N) is 2. The molecule has 0 bridgehead atoms. The summed E-state index contributed by atoms with van der Waals surface area (Å²) in [5, 5.41) is 16.1. The summed E-state index contributed by atoms with van der Waals surface area (Å²) in [5.41, 5.74) is 0.414. The fourth-order valence-electron chi connectivity index (χ4n) is 1.49. The predicted octanol–water partition coefficient (Wildman–Crippen LogP) is -0.0341. The number of aromatic amines is 1. The summed E-state index contributed by atoms with van der Waals surface area (Å²) >= 11 is 0. The van der Waals surface area contributed by atoms with Gasteiger partial charge in [0.15, 0.2) is 5.82 Å². The molecule has 2 heterocycles. The molecule has 0 unspecified atom stereocenters. The minimum atomic E-state index is -0.236. The topological polar surface area (TPSA) is 106 Å². The van der Waals surface area contributed by atoms with Crippen LogP contribution in [0.4, 0.5) is 0 Å². The summed E-state index contributed by atoms with van der Waals surface area (Å²) in [6.45, 7) is 2.71. The van der Waals surface area contributed by atoms with Gasteiger partial charge < -0.3 is 10.1 Å². The van der Waals surface area contributed by atoms with Crippen LogP contribution in [-0.4, -0.2) is 44.7 Å². The van der Waals surface area contributed by atoms with E-state index in [1.807, 2.05) is 6.92 Å². The van der Waals surface area contributed by atoms with Gasteiger partial charge in [-0.3, -0.25) is 4.79 Å². The summed E-state index contributed by atoms with van der Waals surface area (Å²) in [6, 6.07) is 3.36. The van der Waals surface area contributed by atoms with Crippen molar-refractivity contribution in [3.8, 4) is 5.88 Å². The number of pyridine rings is 1. The van der Waals surface area contributed by atoms with Crippen LogP contribution in [0.1, 0.15) is 23.1 Å². The number of H-pyrrole nitrogens is 1. The van der Waals surface area contributed by atoms with E-state index in [2.05, 4.69) is 30.9 Å². The smallest absolute Gasteiger partial charge is 0.256 e. The van der Waals surface area contributed by atoms with E-state index in [-0.39, 0.29) is 5.91 Å². The van der Waals surface area contributed by atoms with Crippen LogP contribution >= 0.6 is 0 Å². The molecule has 1 amide bonds. The van der Waals surface area contributed by atoms with Crippen molar-refractivity contribution >= 4 is 5.91 Å². The Morgan fingerprint density at radius 2 is 2.42 bits per heavy atom. The van der Waals surface area contributed by atoms with Crippen molar-refractivity contribution in [2.45, 2.75) is 13.3 Å². The molecule has 0 aromatic carbocycles. The molecule has 0 aliphatic heterocycles. The van der Waals surface area contributed by atoms with Crippen molar-refractivity contribution in [1.29, 1.82) is 0 Å². The number of amides is 1. The van der Waals surface area contributed by atoms with Crippen LogP contribution in [0.15, 0.2) is 18.3 Å². The third kappa shape index (κ3) is 3.47. The van der Waals surface area contributed by atoms with Crippen LogP contribution in [0, 0.1) is 0 Å². The lowest BCUT2D eigenvalue weighted by Gasteiger charge is -2.08. The van der Waals surface area contributed by atoms with E-state index in [1.165, 1.54) is 0 Å². The molecule has 0 saturated carbocycles. The van der Waals surface area contributed by atoms with E-state index in [4.69, 9.17) is 4.74 Å². The van der Waals surface area contributed by atoms with Crippen molar-refractivity contribution < 1.29 is 9.53 Å². The first kappa shape index (κ1) is 12.9. The van der Waals surface area contributed by atoms with Gasteiger partial charge in [0.05, 0.1) is 6.61 Å². The van der Waals surface area contributed by atoms with E-state index in [0.29, 0.717) is 36.8 Å². The van der Waals surface area contributed by atoms with Gasteiger partial charge in [0.2, 0.25) is 5.88 Å². The predicted molar refractivity (Wildman–Crippen MR) is 65.6 cm³/mol. The molecular formula is C11H14N6O2. The van der Waals surface area contributed by atoms with Crippen LogP contribution in [0.2, 0.25) is 0 Å². The van der Waals surface area contributed by atoms with E-state index in [0.717, 1.165) is 0 Å². The second-order valence-corrected chi connectivity index (χ2v) is 3.62. The molecule has 2 rings (SSSR count). The number of rotatable bonds is 6. The van der Waals surface area contributed by atoms with Crippen LogP contribution in [0.3, 0.4) is 0 Å². The zero-order valence-corrected chi connectivity index (χ0v) is 10.5. The van der Waals surface area contributed by atoms with Crippen molar-refractivity contribution in [3.05, 3.63) is 29.7 Å². The molecule has 0 aliphatic carbocycles. The Morgan fingerprint density at radius 1 is 1.53 bits per heavy atom. The molecule has 0 radical (unpaired) electrons. The standard InChI is InChI=1S/C11H14N6O2/c1-2-19-11-8(4-3-6-13-11)10(18)12-7-5-9-14-16-17-15-9/h3-4,6H,2,5,7H2,1H3,(H,12,18)(H,14,15,16,17). The molecule has 0 spiro atoms. The molecule has 2 N–H and O–H groups in total. The lowest BCUT2D eigenvalue weighted by Crippen LogP contribution is -2.26. The third-order valence-electron chi connectivity index (χ3n) is 2.32. The lowest BCUT2D eigenvalue weighted by molar-refractivity contribution is 0.0949. The molecule has 2 aromatic heterocycles. The average molecular weight is 262 g/mol.